The molecule has 0 atom stereocenters. The molecule has 2 aromatic heterocycles. The Kier molecular flexibility index (Phi) is 4.75. The molecule has 7 nitrogen and oxygen atoms in total. The van der Waals surface area contributed by atoms with Crippen molar-refractivity contribution in [2.75, 3.05) is 31.1 Å². The van der Waals surface area contributed by atoms with E-state index < -0.39 is 0 Å². The number of carbonyl (C=O) groups is 1. The van der Waals surface area contributed by atoms with Gasteiger partial charge < -0.3 is 18.8 Å². The van der Waals surface area contributed by atoms with Gasteiger partial charge in [-0.2, -0.15) is 0 Å². The van der Waals surface area contributed by atoms with Crippen molar-refractivity contribution in [3.05, 3.63) is 53.5 Å². The number of carbonyl (C=O) groups excluding carboxylic acids is 1. The van der Waals surface area contributed by atoms with Crippen LogP contribution in [0.1, 0.15) is 24.7 Å². The lowest BCUT2D eigenvalue weighted by molar-refractivity contribution is -0.132. The summed E-state index contributed by atoms with van der Waals surface area (Å²) in [4.78, 5) is 17.0. The summed E-state index contributed by atoms with van der Waals surface area (Å²) in [5.41, 5.74) is 1.88. The molecule has 0 unspecified atom stereocenters. The van der Waals surface area contributed by atoms with E-state index in [0.29, 0.717) is 30.8 Å². The second-order valence-electron chi connectivity index (χ2n) is 7.59. The lowest BCUT2D eigenvalue weighted by Gasteiger charge is -2.36. The van der Waals surface area contributed by atoms with Crippen molar-refractivity contribution < 1.29 is 9.21 Å². The number of rotatable bonds is 5. The molecule has 1 aromatic carbocycles. The SMILES string of the molecule is O=C(Cn1cccc1-c1nnc(C2CC2)o1)N1CCN(c2cccc(Cl)c2)CC1. The van der Waals surface area contributed by atoms with Gasteiger partial charge in [-0.3, -0.25) is 4.79 Å². The van der Waals surface area contributed by atoms with Crippen molar-refractivity contribution >= 4 is 23.2 Å². The van der Waals surface area contributed by atoms with E-state index in [4.69, 9.17) is 16.0 Å². The molecule has 1 aliphatic heterocycles. The summed E-state index contributed by atoms with van der Waals surface area (Å²) in [5, 5.41) is 9.05. The molecule has 1 aliphatic carbocycles. The molecule has 1 saturated heterocycles. The first-order valence-corrected chi connectivity index (χ1v) is 10.3. The quantitative estimate of drug-likeness (QED) is 0.643. The monoisotopic (exact) mass is 411 g/mol. The van der Waals surface area contributed by atoms with Crippen LogP contribution in [0.3, 0.4) is 0 Å². The second-order valence-corrected chi connectivity index (χ2v) is 8.03. The van der Waals surface area contributed by atoms with Crippen molar-refractivity contribution in [1.82, 2.24) is 19.7 Å². The number of hydrogen-bond donors (Lipinski definition) is 0. The fraction of sp³-hybridized carbons (Fsp3) is 0.381. The van der Waals surface area contributed by atoms with Crippen LogP contribution in [0.2, 0.25) is 5.02 Å². The van der Waals surface area contributed by atoms with Gasteiger partial charge in [0.05, 0.1) is 0 Å². The Balaban J connectivity index is 1.22. The number of halogens is 1. The lowest BCUT2D eigenvalue weighted by Crippen LogP contribution is -2.49. The van der Waals surface area contributed by atoms with Crippen LogP contribution < -0.4 is 4.90 Å². The molecular weight excluding hydrogens is 390 g/mol. The molecule has 5 rings (SSSR count). The van der Waals surface area contributed by atoms with Crippen LogP contribution in [0.5, 0.6) is 0 Å². The molecule has 0 N–H and O–H groups in total. The smallest absolute Gasteiger partial charge is 0.264 e. The third-order valence-electron chi connectivity index (χ3n) is 5.53. The average molecular weight is 412 g/mol. The van der Waals surface area contributed by atoms with E-state index in [-0.39, 0.29) is 12.5 Å². The molecule has 0 bridgehead atoms. The molecule has 0 spiro atoms. The van der Waals surface area contributed by atoms with Crippen LogP contribution in [-0.4, -0.2) is 51.8 Å². The molecule has 2 aliphatic rings. The molecule has 29 heavy (non-hydrogen) atoms. The summed E-state index contributed by atoms with van der Waals surface area (Å²) in [6.45, 7) is 3.22. The normalized spacial score (nSPS) is 17.0. The van der Waals surface area contributed by atoms with Gasteiger partial charge in [0.1, 0.15) is 12.2 Å². The molecular formula is C21H22ClN5O2. The van der Waals surface area contributed by atoms with E-state index in [1.807, 2.05) is 46.0 Å². The molecule has 150 valence electrons. The highest BCUT2D eigenvalue weighted by Crippen LogP contribution is 2.39. The standard InChI is InChI=1S/C21H22ClN5O2/c22-16-3-1-4-17(13-16)25-9-11-26(12-10-25)19(28)14-27-8-2-5-18(27)21-24-23-20(29-21)15-6-7-15/h1-5,8,13,15H,6-7,9-12,14H2. The van der Waals surface area contributed by atoms with E-state index >= 15 is 0 Å². The highest BCUT2D eigenvalue weighted by atomic mass is 35.5. The zero-order chi connectivity index (χ0) is 19.8. The van der Waals surface area contributed by atoms with Crippen molar-refractivity contribution in [3.8, 4) is 11.6 Å². The van der Waals surface area contributed by atoms with E-state index in [1.54, 1.807) is 0 Å². The molecule has 3 aromatic rings. The third-order valence-corrected chi connectivity index (χ3v) is 5.76. The molecule has 3 heterocycles. The van der Waals surface area contributed by atoms with Gasteiger partial charge in [-0.1, -0.05) is 17.7 Å². The predicted octanol–water partition coefficient (Wildman–Crippen LogP) is 3.42. The average Bonchev–Trinajstić information content (AvgIpc) is 3.29. The summed E-state index contributed by atoms with van der Waals surface area (Å²) in [6, 6.07) is 11.7. The van der Waals surface area contributed by atoms with E-state index in [1.165, 1.54) is 0 Å². The minimum Gasteiger partial charge on any atom is -0.419 e. The Labute approximate surface area is 173 Å². The summed E-state index contributed by atoms with van der Waals surface area (Å²) in [6.07, 6.45) is 4.11. The van der Waals surface area contributed by atoms with Crippen molar-refractivity contribution in [2.45, 2.75) is 25.3 Å². The van der Waals surface area contributed by atoms with Crippen LogP contribution in [-0.2, 0) is 11.3 Å². The fourth-order valence-electron chi connectivity index (χ4n) is 3.71. The highest BCUT2D eigenvalue weighted by molar-refractivity contribution is 6.30. The van der Waals surface area contributed by atoms with Gasteiger partial charge in [0.25, 0.3) is 5.89 Å². The maximum absolute atomic E-state index is 12.9. The van der Waals surface area contributed by atoms with Crippen LogP contribution in [0.25, 0.3) is 11.6 Å². The molecule has 1 amide bonds. The van der Waals surface area contributed by atoms with Gasteiger partial charge >= 0.3 is 0 Å². The Hall–Kier alpha value is -2.80. The first-order valence-electron chi connectivity index (χ1n) is 9.94. The number of hydrogen-bond acceptors (Lipinski definition) is 5. The second kappa shape index (κ2) is 7.55. The van der Waals surface area contributed by atoms with Crippen LogP contribution in [0, 0.1) is 0 Å². The van der Waals surface area contributed by atoms with Crippen molar-refractivity contribution in [2.24, 2.45) is 0 Å². The first-order chi connectivity index (χ1) is 14.2. The van der Waals surface area contributed by atoms with Crippen molar-refractivity contribution in [3.63, 3.8) is 0 Å². The number of anilines is 1. The van der Waals surface area contributed by atoms with Gasteiger partial charge in [0.15, 0.2) is 0 Å². The number of benzene rings is 1. The van der Waals surface area contributed by atoms with Gasteiger partial charge in [0.2, 0.25) is 11.8 Å². The fourth-order valence-corrected chi connectivity index (χ4v) is 3.90. The zero-order valence-corrected chi connectivity index (χ0v) is 16.8. The predicted molar refractivity (Wildman–Crippen MR) is 110 cm³/mol. The molecule has 8 heteroatoms. The summed E-state index contributed by atoms with van der Waals surface area (Å²) in [5.74, 6) is 1.69. The maximum Gasteiger partial charge on any atom is 0.264 e. The van der Waals surface area contributed by atoms with Crippen molar-refractivity contribution in [1.29, 1.82) is 0 Å². The summed E-state index contributed by atoms with van der Waals surface area (Å²) < 4.78 is 7.69. The van der Waals surface area contributed by atoms with Crippen LogP contribution in [0.4, 0.5) is 5.69 Å². The summed E-state index contributed by atoms with van der Waals surface area (Å²) in [7, 11) is 0. The topological polar surface area (TPSA) is 67.4 Å². The Morgan fingerprint density at radius 1 is 1.10 bits per heavy atom. The maximum atomic E-state index is 12.9. The molecule has 2 fully saturated rings. The Morgan fingerprint density at radius 3 is 2.69 bits per heavy atom. The van der Waals surface area contributed by atoms with Gasteiger partial charge in [-0.05, 0) is 43.2 Å². The number of amides is 1. The lowest BCUT2D eigenvalue weighted by atomic mass is 10.2. The van der Waals surface area contributed by atoms with Gasteiger partial charge in [0, 0.05) is 49.0 Å². The number of aromatic nitrogens is 3. The first kappa shape index (κ1) is 18.2. The minimum absolute atomic E-state index is 0.0927. The zero-order valence-electron chi connectivity index (χ0n) is 16.0. The van der Waals surface area contributed by atoms with E-state index in [2.05, 4.69) is 21.2 Å². The molecule has 1 saturated carbocycles. The minimum atomic E-state index is 0.0927. The Bertz CT molecular complexity index is 1020. The number of nitrogens with zero attached hydrogens (tertiary/aromatic N) is 5. The largest absolute Gasteiger partial charge is 0.419 e. The Morgan fingerprint density at radius 2 is 1.93 bits per heavy atom. The van der Waals surface area contributed by atoms with Crippen LogP contribution >= 0.6 is 11.6 Å². The van der Waals surface area contributed by atoms with E-state index in [9.17, 15) is 4.79 Å². The molecule has 0 radical (unpaired) electrons. The van der Waals surface area contributed by atoms with Gasteiger partial charge in [-0.15, -0.1) is 10.2 Å². The summed E-state index contributed by atoms with van der Waals surface area (Å²) >= 11 is 6.10. The van der Waals surface area contributed by atoms with Gasteiger partial charge in [-0.25, -0.2) is 0 Å². The van der Waals surface area contributed by atoms with E-state index in [0.717, 1.165) is 42.3 Å². The highest BCUT2D eigenvalue weighted by Gasteiger charge is 2.30. The van der Waals surface area contributed by atoms with Crippen LogP contribution in [0.15, 0.2) is 47.0 Å². The number of piperazine rings is 1. The third kappa shape index (κ3) is 3.87.